The fourth-order valence-electron chi connectivity index (χ4n) is 2.28. The van der Waals surface area contributed by atoms with Gasteiger partial charge in [0.25, 0.3) is 0 Å². The number of ether oxygens (including phenoxy) is 2. The van der Waals surface area contributed by atoms with Crippen molar-refractivity contribution in [2.75, 3.05) is 21.3 Å². The highest BCUT2D eigenvalue weighted by atomic mass is 79.9. The fraction of sp³-hybridized carbons (Fsp3) is 0.250. The third-order valence-corrected chi connectivity index (χ3v) is 4.35. The monoisotopic (exact) mass is 369 g/mol. The van der Waals surface area contributed by atoms with Gasteiger partial charge in [0.1, 0.15) is 0 Å². The second kappa shape index (κ2) is 7.16. The second-order valence-electron chi connectivity index (χ2n) is 4.47. The molecule has 0 bridgehead atoms. The Bertz CT molecular complexity index is 634. The minimum absolute atomic E-state index is 0.0483. The van der Waals surface area contributed by atoms with Gasteiger partial charge in [0.15, 0.2) is 11.5 Å². The lowest BCUT2D eigenvalue weighted by Crippen LogP contribution is -2.18. The highest BCUT2D eigenvalue weighted by Gasteiger charge is 2.20. The SMILES string of the molecule is CNC(c1ccccc1Cl)c1cc(OC)c(OC)cc1Br. The zero-order chi connectivity index (χ0) is 15.4. The van der Waals surface area contributed by atoms with E-state index in [1.807, 2.05) is 43.4 Å². The van der Waals surface area contributed by atoms with E-state index in [0.717, 1.165) is 20.6 Å². The minimum Gasteiger partial charge on any atom is -0.493 e. The van der Waals surface area contributed by atoms with Gasteiger partial charge in [-0.3, -0.25) is 0 Å². The maximum atomic E-state index is 6.32. The molecule has 0 amide bonds. The summed E-state index contributed by atoms with van der Waals surface area (Å²) in [7, 11) is 5.14. The van der Waals surface area contributed by atoms with E-state index >= 15 is 0 Å². The first kappa shape index (κ1) is 16.1. The Morgan fingerprint density at radius 3 is 2.24 bits per heavy atom. The van der Waals surface area contributed by atoms with Crippen LogP contribution in [0.15, 0.2) is 40.9 Å². The van der Waals surface area contributed by atoms with Gasteiger partial charge in [-0.05, 0) is 36.4 Å². The van der Waals surface area contributed by atoms with Crippen molar-refractivity contribution in [1.82, 2.24) is 5.32 Å². The van der Waals surface area contributed by atoms with Crippen molar-refractivity contribution < 1.29 is 9.47 Å². The molecular formula is C16H17BrClNO2. The molecule has 2 aromatic rings. The molecule has 2 rings (SSSR count). The molecule has 0 aliphatic rings. The summed E-state index contributed by atoms with van der Waals surface area (Å²) >= 11 is 9.92. The van der Waals surface area contributed by atoms with Crippen LogP contribution in [0.4, 0.5) is 0 Å². The summed E-state index contributed by atoms with van der Waals surface area (Å²) in [5.41, 5.74) is 2.04. The maximum absolute atomic E-state index is 6.32. The first-order valence-electron chi connectivity index (χ1n) is 6.45. The number of nitrogens with one attached hydrogen (secondary N) is 1. The highest BCUT2D eigenvalue weighted by Crippen LogP contribution is 2.39. The van der Waals surface area contributed by atoms with Crippen LogP contribution in [-0.4, -0.2) is 21.3 Å². The molecule has 0 aliphatic heterocycles. The van der Waals surface area contributed by atoms with E-state index in [-0.39, 0.29) is 6.04 Å². The summed E-state index contributed by atoms with van der Waals surface area (Å²) < 4.78 is 11.6. The minimum atomic E-state index is -0.0483. The summed E-state index contributed by atoms with van der Waals surface area (Å²) in [6.45, 7) is 0. The van der Waals surface area contributed by atoms with Crippen molar-refractivity contribution in [2.45, 2.75) is 6.04 Å². The molecule has 0 aromatic heterocycles. The largest absolute Gasteiger partial charge is 0.493 e. The smallest absolute Gasteiger partial charge is 0.161 e. The lowest BCUT2D eigenvalue weighted by molar-refractivity contribution is 0.354. The van der Waals surface area contributed by atoms with E-state index in [1.165, 1.54) is 0 Å². The van der Waals surface area contributed by atoms with E-state index in [4.69, 9.17) is 21.1 Å². The van der Waals surface area contributed by atoms with Gasteiger partial charge in [-0.1, -0.05) is 45.7 Å². The summed E-state index contributed by atoms with van der Waals surface area (Å²) in [6.07, 6.45) is 0. The molecule has 3 nitrogen and oxygen atoms in total. The maximum Gasteiger partial charge on any atom is 0.161 e. The summed E-state index contributed by atoms with van der Waals surface area (Å²) in [5.74, 6) is 1.37. The van der Waals surface area contributed by atoms with Gasteiger partial charge in [0, 0.05) is 9.50 Å². The molecule has 21 heavy (non-hydrogen) atoms. The molecule has 0 saturated carbocycles. The van der Waals surface area contributed by atoms with Crippen LogP contribution in [0.5, 0.6) is 11.5 Å². The van der Waals surface area contributed by atoms with Crippen LogP contribution in [0, 0.1) is 0 Å². The number of hydrogen-bond acceptors (Lipinski definition) is 3. The van der Waals surface area contributed by atoms with Crippen LogP contribution in [0.1, 0.15) is 17.2 Å². The summed E-state index contributed by atoms with van der Waals surface area (Å²) in [5, 5.41) is 4.02. The Morgan fingerprint density at radius 2 is 1.67 bits per heavy atom. The van der Waals surface area contributed by atoms with Gasteiger partial charge in [0.05, 0.1) is 20.3 Å². The van der Waals surface area contributed by atoms with E-state index < -0.39 is 0 Å². The van der Waals surface area contributed by atoms with Crippen LogP contribution < -0.4 is 14.8 Å². The van der Waals surface area contributed by atoms with E-state index in [0.29, 0.717) is 11.5 Å². The van der Waals surface area contributed by atoms with E-state index in [2.05, 4.69) is 21.2 Å². The highest BCUT2D eigenvalue weighted by molar-refractivity contribution is 9.10. The third-order valence-electron chi connectivity index (χ3n) is 3.32. The fourth-order valence-corrected chi connectivity index (χ4v) is 3.08. The first-order chi connectivity index (χ1) is 10.1. The number of halogens is 2. The van der Waals surface area contributed by atoms with Crippen LogP contribution in [0.3, 0.4) is 0 Å². The van der Waals surface area contributed by atoms with E-state index in [1.54, 1.807) is 14.2 Å². The Morgan fingerprint density at radius 1 is 1.05 bits per heavy atom. The van der Waals surface area contributed by atoms with Crippen molar-refractivity contribution in [3.8, 4) is 11.5 Å². The summed E-state index contributed by atoms with van der Waals surface area (Å²) in [4.78, 5) is 0. The number of benzene rings is 2. The molecule has 112 valence electrons. The van der Waals surface area contributed by atoms with Crippen molar-refractivity contribution >= 4 is 27.5 Å². The topological polar surface area (TPSA) is 30.5 Å². The Labute approximate surface area is 138 Å². The van der Waals surface area contributed by atoms with Gasteiger partial charge in [-0.25, -0.2) is 0 Å². The second-order valence-corrected chi connectivity index (χ2v) is 5.73. The third kappa shape index (κ3) is 3.34. The first-order valence-corrected chi connectivity index (χ1v) is 7.62. The lowest BCUT2D eigenvalue weighted by atomic mass is 9.98. The molecule has 0 aliphatic carbocycles. The van der Waals surface area contributed by atoms with Crippen molar-refractivity contribution in [3.05, 3.63) is 57.0 Å². The zero-order valence-corrected chi connectivity index (χ0v) is 14.5. The molecule has 0 radical (unpaired) electrons. The molecule has 0 saturated heterocycles. The Kier molecular flexibility index (Phi) is 5.51. The predicted molar refractivity (Wildman–Crippen MR) is 89.6 cm³/mol. The molecule has 0 fully saturated rings. The van der Waals surface area contributed by atoms with Crippen LogP contribution in [0.2, 0.25) is 5.02 Å². The molecular weight excluding hydrogens is 354 g/mol. The van der Waals surface area contributed by atoms with Gasteiger partial charge in [0.2, 0.25) is 0 Å². The quantitative estimate of drug-likeness (QED) is 0.844. The average Bonchev–Trinajstić information content (AvgIpc) is 2.50. The molecule has 5 heteroatoms. The van der Waals surface area contributed by atoms with Gasteiger partial charge in [-0.2, -0.15) is 0 Å². The van der Waals surface area contributed by atoms with E-state index in [9.17, 15) is 0 Å². The number of rotatable bonds is 5. The summed E-state index contributed by atoms with van der Waals surface area (Å²) in [6, 6.07) is 11.6. The van der Waals surface area contributed by atoms with Crippen LogP contribution in [-0.2, 0) is 0 Å². The Hall–Kier alpha value is -1.23. The molecule has 1 N–H and O–H groups in total. The predicted octanol–water partition coefficient (Wildman–Crippen LogP) is 4.43. The normalized spacial score (nSPS) is 12.0. The number of methoxy groups -OCH3 is 2. The molecule has 2 aromatic carbocycles. The van der Waals surface area contributed by atoms with Crippen LogP contribution in [0.25, 0.3) is 0 Å². The zero-order valence-electron chi connectivity index (χ0n) is 12.1. The standard InChI is InChI=1S/C16H17BrClNO2/c1-19-16(10-6-4-5-7-13(10)18)11-8-14(20-2)15(21-3)9-12(11)17/h4-9,16,19H,1-3H3. The van der Waals surface area contributed by atoms with Crippen LogP contribution >= 0.6 is 27.5 Å². The average molecular weight is 371 g/mol. The van der Waals surface area contributed by atoms with Gasteiger partial charge in [-0.15, -0.1) is 0 Å². The van der Waals surface area contributed by atoms with Crippen molar-refractivity contribution in [2.24, 2.45) is 0 Å². The molecule has 1 atom stereocenters. The molecule has 1 unspecified atom stereocenters. The van der Waals surface area contributed by atoms with Gasteiger partial charge < -0.3 is 14.8 Å². The molecule has 0 heterocycles. The number of hydrogen-bond donors (Lipinski definition) is 1. The van der Waals surface area contributed by atoms with Crippen molar-refractivity contribution in [3.63, 3.8) is 0 Å². The van der Waals surface area contributed by atoms with Gasteiger partial charge >= 0.3 is 0 Å². The van der Waals surface area contributed by atoms with Crippen molar-refractivity contribution in [1.29, 1.82) is 0 Å². The lowest BCUT2D eigenvalue weighted by Gasteiger charge is -2.21. The molecule has 0 spiro atoms. The Balaban J connectivity index is 2.55.